The lowest BCUT2D eigenvalue weighted by Gasteiger charge is -2.23. The Morgan fingerprint density at radius 2 is 2.06 bits per heavy atom. The Bertz CT molecular complexity index is 410. The smallest absolute Gasteiger partial charge is 0.323 e. The number of nitrogens with two attached hydrogens (primary N) is 1. The number of carbonyl (C=O) groups is 1. The fraction of sp³-hybridized carbons (Fsp3) is 0.462. The molecule has 16 heavy (non-hydrogen) atoms. The first kappa shape index (κ1) is 11.1. The molecule has 0 aromatic heterocycles. The largest absolute Gasteiger partial charge is 0.468 e. The molecule has 0 saturated heterocycles. The molecule has 1 fully saturated rings. The van der Waals surface area contributed by atoms with E-state index in [4.69, 9.17) is 10.5 Å². The first-order chi connectivity index (χ1) is 7.62. The van der Waals surface area contributed by atoms with Gasteiger partial charge in [0.15, 0.2) is 0 Å². The van der Waals surface area contributed by atoms with E-state index in [2.05, 4.69) is 19.1 Å². The Labute approximate surface area is 95.6 Å². The van der Waals surface area contributed by atoms with Crippen molar-refractivity contribution in [3.63, 3.8) is 0 Å². The van der Waals surface area contributed by atoms with Gasteiger partial charge < -0.3 is 10.5 Å². The number of hydrogen-bond acceptors (Lipinski definition) is 3. The molecule has 1 saturated carbocycles. The van der Waals surface area contributed by atoms with Crippen molar-refractivity contribution in [2.75, 3.05) is 7.11 Å². The maximum absolute atomic E-state index is 11.5. The van der Waals surface area contributed by atoms with Crippen LogP contribution in [0.3, 0.4) is 0 Å². The molecule has 1 unspecified atom stereocenters. The van der Waals surface area contributed by atoms with Gasteiger partial charge in [-0.25, -0.2) is 0 Å². The van der Waals surface area contributed by atoms with Gasteiger partial charge in [0.2, 0.25) is 0 Å². The van der Waals surface area contributed by atoms with Crippen molar-refractivity contribution >= 4 is 5.97 Å². The molecular formula is C13H17NO2. The number of carbonyl (C=O) groups excluding carboxylic acids is 1. The van der Waals surface area contributed by atoms with Crippen molar-refractivity contribution in [3.8, 4) is 0 Å². The van der Waals surface area contributed by atoms with Crippen LogP contribution < -0.4 is 5.73 Å². The van der Waals surface area contributed by atoms with Crippen LogP contribution in [0.15, 0.2) is 24.3 Å². The zero-order chi connectivity index (χ0) is 11.8. The highest BCUT2D eigenvalue weighted by Gasteiger charge is 2.53. The summed E-state index contributed by atoms with van der Waals surface area (Å²) in [5, 5.41) is 0. The summed E-state index contributed by atoms with van der Waals surface area (Å²) in [7, 11) is 1.39. The van der Waals surface area contributed by atoms with Crippen LogP contribution in [0.25, 0.3) is 0 Å². The summed E-state index contributed by atoms with van der Waals surface area (Å²) in [6.45, 7) is 2.05. The number of rotatable bonds is 3. The first-order valence-corrected chi connectivity index (χ1v) is 5.51. The summed E-state index contributed by atoms with van der Waals surface area (Å²) in [6, 6.07) is 7.56. The molecule has 0 amide bonds. The van der Waals surface area contributed by atoms with Crippen LogP contribution in [-0.2, 0) is 14.9 Å². The molecule has 0 radical (unpaired) electrons. The van der Waals surface area contributed by atoms with E-state index in [0.29, 0.717) is 0 Å². The van der Waals surface area contributed by atoms with Crippen LogP contribution in [0.5, 0.6) is 0 Å². The Morgan fingerprint density at radius 3 is 2.56 bits per heavy atom. The summed E-state index contributed by atoms with van der Waals surface area (Å²) >= 11 is 0. The predicted molar refractivity (Wildman–Crippen MR) is 62.1 cm³/mol. The van der Waals surface area contributed by atoms with E-state index in [1.165, 1.54) is 18.2 Å². The summed E-state index contributed by atoms with van der Waals surface area (Å²) in [4.78, 5) is 11.5. The van der Waals surface area contributed by atoms with E-state index in [0.717, 1.165) is 12.8 Å². The van der Waals surface area contributed by atoms with Crippen molar-refractivity contribution in [3.05, 3.63) is 35.4 Å². The van der Waals surface area contributed by atoms with Crippen LogP contribution in [0, 0.1) is 6.92 Å². The highest BCUT2D eigenvalue weighted by atomic mass is 16.5. The molecule has 1 aliphatic carbocycles. The maximum Gasteiger partial charge on any atom is 0.323 e. The summed E-state index contributed by atoms with van der Waals surface area (Å²) < 4.78 is 4.74. The van der Waals surface area contributed by atoms with Crippen molar-refractivity contribution in [2.45, 2.75) is 31.2 Å². The predicted octanol–water partition coefficient (Wildman–Crippen LogP) is 1.53. The quantitative estimate of drug-likeness (QED) is 0.784. The van der Waals surface area contributed by atoms with Gasteiger partial charge in [0, 0.05) is 5.41 Å². The van der Waals surface area contributed by atoms with E-state index in [1.807, 2.05) is 12.1 Å². The molecule has 86 valence electrons. The Morgan fingerprint density at radius 1 is 1.44 bits per heavy atom. The number of benzene rings is 1. The molecule has 0 spiro atoms. The molecule has 0 bridgehead atoms. The van der Waals surface area contributed by atoms with Gasteiger partial charge in [0.05, 0.1) is 7.11 Å². The average Bonchev–Trinajstić information content (AvgIpc) is 3.09. The Hall–Kier alpha value is -1.35. The van der Waals surface area contributed by atoms with Crippen LogP contribution in [0.2, 0.25) is 0 Å². The molecule has 0 aliphatic heterocycles. The lowest BCUT2D eigenvalue weighted by molar-refractivity contribution is -0.143. The van der Waals surface area contributed by atoms with Gasteiger partial charge in [-0.1, -0.05) is 24.3 Å². The lowest BCUT2D eigenvalue weighted by Crippen LogP contribution is -2.43. The molecule has 1 atom stereocenters. The number of methoxy groups -OCH3 is 1. The maximum atomic E-state index is 11.5. The van der Waals surface area contributed by atoms with Crippen LogP contribution in [-0.4, -0.2) is 19.1 Å². The van der Waals surface area contributed by atoms with Gasteiger partial charge in [-0.05, 0) is 30.9 Å². The molecule has 2 N–H and O–H groups in total. The first-order valence-electron chi connectivity index (χ1n) is 5.51. The molecule has 0 heterocycles. The van der Waals surface area contributed by atoms with Gasteiger partial charge in [0.25, 0.3) is 0 Å². The second-order valence-corrected chi connectivity index (χ2v) is 4.47. The highest BCUT2D eigenvalue weighted by Crippen LogP contribution is 2.51. The molecular weight excluding hydrogens is 202 g/mol. The number of aryl methyl sites for hydroxylation is 1. The second kappa shape index (κ2) is 3.91. The Kier molecular flexibility index (Phi) is 2.72. The third kappa shape index (κ3) is 1.61. The summed E-state index contributed by atoms with van der Waals surface area (Å²) in [5.41, 5.74) is 8.19. The molecule has 1 aromatic carbocycles. The standard InChI is InChI=1S/C13H17NO2/c1-9-5-3-4-6-10(9)13(7-8-13)11(14)12(15)16-2/h3-6,11H,7-8,14H2,1-2H3. The zero-order valence-corrected chi connectivity index (χ0v) is 9.69. The summed E-state index contributed by atoms with van der Waals surface area (Å²) in [5.74, 6) is -0.319. The van der Waals surface area contributed by atoms with Crippen LogP contribution in [0.4, 0.5) is 0 Å². The van der Waals surface area contributed by atoms with E-state index in [1.54, 1.807) is 0 Å². The molecule has 3 nitrogen and oxygen atoms in total. The van der Waals surface area contributed by atoms with Gasteiger partial charge in [-0.2, -0.15) is 0 Å². The third-order valence-corrected chi connectivity index (χ3v) is 3.52. The SMILES string of the molecule is COC(=O)C(N)C1(c2ccccc2C)CC1. The molecule has 2 rings (SSSR count). The van der Waals surface area contributed by atoms with E-state index >= 15 is 0 Å². The van der Waals surface area contributed by atoms with E-state index < -0.39 is 6.04 Å². The molecule has 3 heteroatoms. The second-order valence-electron chi connectivity index (χ2n) is 4.47. The van der Waals surface area contributed by atoms with Crippen molar-refractivity contribution in [1.29, 1.82) is 0 Å². The number of hydrogen-bond donors (Lipinski definition) is 1. The lowest BCUT2D eigenvalue weighted by atomic mass is 9.86. The number of esters is 1. The van der Waals surface area contributed by atoms with Gasteiger partial charge in [-0.3, -0.25) is 4.79 Å². The van der Waals surface area contributed by atoms with E-state index in [9.17, 15) is 4.79 Å². The topological polar surface area (TPSA) is 52.3 Å². The zero-order valence-electron chi connectivity index (χ0n) is 9.69. The Balaban J connectivity index is 2.33. The van der Waals surface area contributed by atoms with Crippen molar-refractivity contribution < 1.29 is 9.53 Å². The van der Waals surface area contributed by atoms with E-state index in [-0.39, 0.29) is 11.4 Å². The summed E-state index contributed by atoms with van der Waals surface area (Å²) in [6.07, 6.45) is 1.93. The van der Waals surface area contributed by atoms with Gasteiger partial charge >= 0.3 is 5.97 Å². The van der Waals surface area contributed by atoms with Crippen LogP contribution in [0.1, 0.15) is 24.0 Å². The average molecular weight is 219 g/mol. The van der Waals surface area contributed by atoms with Crippen molar-refractivity contribution in [2.24, 2.45) is 5.73 Å². The molecule has 1 aromatic rings. The fourth-order valence-corrected chi connectivity index (χ4v) is 2.37. The van der Waals surface area contributed by atoms with Crippen LogP contribution >= 0.6 is 0 Å². The molecule has 1 aliphatic rings. The minimum atomic E-state index is -0.543. The monoisotopic (exact) mass is 219 g/mol. The fourth-order valence-electron chi connectivity index (χ4n) is 2.37. The van der Waals surface area contributed by atoms with Gasteiger partial charge in [0.1, 0.15) is 6.04 Å². The van der Waals surface area contributed by atoms with Gasteiger partial charge in [-0.15, -0.1) is 0 Å². The normalized spacial score (nSPS) is 18.9. The van der Waals surface area contributed by atoms with Crippen molar-refractivity contribution in [1.82, 2.24) is 0 Å². The third-order valence-electron chi connectivity index (χ3n) is 3.52. The highest BCUT2D eigenvalue weighted by molar-refractivity contribution is 5.79. The minimum Gasteiger partial charge on any atom is -0.468 e. The minimum absolute atomic E-state index is 0.182. The number of ether oxygens (including phenoxy) is 1.